The van der Waals surface area contributed by atoms with Gasteiger partial charge in [0.25, 0.3) is 11.8 Å². The topological polar surface area (TPSA) is 155 Å². The minimum Gasteiger partial charge on any atom is -0.385 e. The van der Waals surface area contributed by atoms with Crippen LogP contribution >= 0.6 is 0 Å². The van der Waals surface area contributed by atoms with Gasteiger partial charge < -0.3 is 5.32 Å². The molecule has 3 N–H and O–H groups in total. The number of carbonyl (C=O) groups excluding carboxylic acids is 4. The number of amides is 4. The minimum atomic E-state index is -0.967. The van der Waals surface area contributed by atoms with Crippen molar-refractivity contribution in [3.05, 3.63) is 59.7 Å². The first-order chi connectivity index (χ1) is 20.4. The summed E-state index contributed by atoms with van der Waals surface area (Å²) in [6.45, 7) is 0.733. The standard InChI is InChI=1S/C30H28N8O4/c39-26-6-5-25(28(40)34-26)38-29(41)20-4-3-18(10-21(20)30(38)42)31-11-15-7-19(8-15)37-14-22(27(36-37)16-1-2-16)23-9-17-12-33-35-24(17)13-32-23/h3-4,9-10,12-16,19,25,31H,1-2,5-8,11H2,(H,33,35)(H,34,39,40). The van der Waals surface area contributed by atoms with Crippen molar-refractivity contribution in [2.75, 3.05) is 11.9 Å². The van der Waals surface area contributed by atoms with Gasteiger partial charge in [-0.05, 0) is 62.3 Å². The van der Waals surface area contributed by atoms with Crippen LogP contribution in [0.4, 0.5) is 5.69 Å². The second-order valence-electron chi connectivity index (χ2n) is 11.8. The Kier molecular flexibility index (Phi) is 5.53. The zero-order valence-electron chi connectivity index (χ0n) is 22.7. The summed E-state index contributed by atoms with van der Waals surface area (Å²) in [6, 6.07) is 6.53. The number of piperidine rings is 1. The van der Waals surface area contributed by atoms with Crippen LogP contribution in [0.5, 0.6) is 0 Å². The van der Waals surface area contributed by atoms with E-state index in [4.69, 9.17) is 5.10 Å². The van der Waals surface area contributed by atoms with Crippen molar-refractivity contribution in [3.8, 4) is 11.3 Å². The van der Waals surface area contributed by atoms with Crippen LogP contribution in [0.1, 0.15) is 76.9 Å². The maximum absolute atomic E-state index is 13.1. The van der Waals surface area contributed by atoms with E-state index < -0.39 is 29.7 Å². The first-order valence-electron chi connectivity index (χ1n) is 14.4. The summed E-state index contributed by atoms with van der Waals surface area (Å²) in [5, 5.41) is 18.8. The van der Waals surface area contributed by atoms with E-state index in [9.17, 15) is 19.2 Å². The molecule has 3 fully saturated rings. The van der Waals surface area contributed by atoms with Crippen molar-refractivity contribution >= 4 is 40.2 Å². The number of carbonyl (C=O) groups is 4. The van der Waals surface area contributed by atoms with Gasteiger partial charge in [0.15, 0.2) is 0 Å². The number of anilines is 1. The van der Waals surface area contributed by atoms with Gasteiger partial charge in [0, 0.05) is 41.7 Å². The Hall–Kier alpha value is -4.87. The van der Waals surface area contributed by atoms with Crippen LogP contribution in [0.2, 0.25) is 0 Å². The van der Waals surface area contributed by atoms with Crippen LogP contribution in [0.25, 0.3) is 22.2 Å². The molecule has 4 aromatic rings. The Morgan fingerprint density at radius 3 is 2.60 bits per heavy atom. The molecule has 1 saturated heterocycles. The zero-order chi connectivity index (χ0) is 28.5. The number of benzene rings is 1. The first kappa shape index (κ1) is 24.9. The van der Waals surface area contributed by atoms with E-state index in [0.29, 0.717) is 17.9 Å². The quantitative estimate of drug-likeness (QED) is 0.289. The van der Waals surface area contributed by atoms with E-state index in [1.807, 2.05) is 12.4 Å². The summed E-state index contributed by atoms with van der Waals surface area (Å²) >= 11 is 0. The number of nitrogens with one attached hydrogen (secondary N) is 3. The molecule has 12 nitrogen and oxygen atoms in total. The largest absolute Gasteiger partial charge is 0.385 e. The van der Waals surface area contributed by atoms with Crippen LogP contribution in [0, 0.1) is 5.92 Å². The van der Waals surface area contributed by atoms with E-state index in [0.717, 1.165) is 70.7 Å². The molecule has 1 aromatic carbocycles. The highest BCUT2D eigenvalue weighted by Gasteiger charge is 2.44. The Balaban J connectivity index is 0.921. The molecule has 2 saturated carbocycles. The lowest BCUT2D eigenvalue weighted by molar-refractivity contribution is -0.136. The van der Waals surface area contributed by atoms with E-state index in [-0.39, 0.29) is 24.0 Å². The molecule has 5 heterocycles. The highest BCUT2D eigenvalue weighted by Crippen LogP contribution is 2.45. The number of nitrogens with zero attached hydrogens (tertiary/aromatic N) is 5. The second kappa shape index (κ2) is 9.33. The fourth-order valence-electron chi connectivity index (χ4n) is 6.36. The van der Waals surface area contributed by atoms with E-state index >= 15 is 0 Å². The van der Waals surface area contributed by atoms with Crippen LogP contribution in [-0.4, -0.2) is 66.1 Å². The lowest BCUT2D eigenvalue weighted by Crippen LogP contribution is -2.54. The molecule has 2 aliphatic carbocycles. The number of fused-ring (bicyclic) bond motifs is 2. The van der Waals surface area contributed by atoms with Gasteiger partial charge in [-0.3, -0.25) is 44.2 Å². The molecule has 0 spiro atoms. The molecule has 3 aromatic heterocycles. The number of H-pyrrole nitrogens is 1. The average molecular weight is 565 g/mol. The van der Waals surface area contributed by atoms with Crippen LogP contribution in [0.3, 0.4) is 0 Å². The van der Waals surface area contributed by atoms with Crippen molar-refractivity contribution in [3.63, 3.8) is 0 Å². The molecule has 4 aliphatic rings. The van der Waals surface area contributed by atoms with Crippen molar-refractivity contribution in [2.45, 2.75) is 56.5 Å². The van der Waals surface area contributed by atoms with Crippen LogP contribution in [-0.2, 0) is 9.59 Å². The third-order valence-electron chi connectivity index (χ3n) is 8.94. The second-order valence-corrected chi connectivity index (χ2v) is 11.8. The predicted octanol–water partition coefficient (Wildman–Crippen LogP) is 3.16. The minimum absolute atomic E-state index is 0.0959. The highest BCUT2D eigenvalue weighted by atomic mass is 16.2. The number of aromatic amines is 1. The van der Waals surface area contributed by atoms with Gasteiger partial charge in [-0.1, -0.05) is 0 Å². The van der Waals surface area contributed by atoms with Crippen LogP contribution in [0.15, 0.2) is 42.9 Å². The Morgan fingerprint density at radius 1 is 0.952 bits per heavy atom. The number of rotatable bonds is 7. The zero-order valence-corrected chi connectivity index (χ0v) is 22.7. The molecule has 4 amide bonds. The van der Waals surface area contributed by atoms with Gasteiger partial charge >= 0.3 is 0 Å². The molecule has 8 rings (SSSR count). The van der Waals surface area contributed by atoms with Crippen molar-refractivity contribution in [1.82, 2.24) is 35.2 Å². The van der Waals surface area contributed by atoms with Gasteiger partial charge in [0.05, 0.1) is 46.5 Å². The summed E-state index contributed by atoms with van der Waals surface area (Å²) in [5.41, 5.74) is 5.39. The fourth-order valence-corrected chi connectivity index (χ4v) is 6.36. The highest BCUT2D eigenvalue weighted by molar-refractivity contribution is 6.23. The maximum atomic E-state index is 13.1. The Morgan fingerprint density at radius 2 is 1.79 bits per heavy atom. The summed E-state index contributed by atoms with van der Waals surface area (Å²) < 4.78 is 2.12. The van der Waals surface area contributed by atoms with E-state index in [2.05, 4.69) is 42.8 Å². The smallest absolute Gasteiger partial charge is 0.262 e. The predicted molar refractivity (Wildman–Crippen MR) is 150 cm³/mol. The van der Waals surface area contributed by atoms with Gasteiger partial charge in [-0.2, -0.15) is 10.2 Å². The van der Waals surface area contributed by atoms with Crippen molar-refractivity contribution in [2.24, 2.45) is 5.92 Å². The summed E-state index contributed by atoms with van der Waals surface area (Å²) in [5.74, 6) is -1.05. The van der Waals surface area contributed by atoms with Crippen LogP contribution < -0.4 is 10.6 Å². The van der Waals surface area contributed by atoms with Gasteiger partial charge in [0.2, 0.25) is 11.8 Å². The van der Waals surface area contributed by atoms with E-state index in [1.165, 1.54) is 0 Å². The molecule has 2 aliphatic heterocycles. The molecule has 0 bridgehead atoms. The molecular weight excluding hydrogens is 536 g/mol. The Labute approximate surface area is 239 Å². The number of hydrogen-bond acceptors (Lipinski definition) is 8. The number of imide groups is 2. The van der Waals surface area contributed by atoms with Gasteiger partial charge in [-0.25, -0.2) is 0 Å². The van der Waals surface area contributed by atoms with Crippen molar-refractivity contribution in [1.29, 1.82) is 0 Å². The normalized spacial score (nSPS) is 23.7. The monoisotopic (exact) mass is 564 g/mol. The third kappa shape index (κ3) is 4.08. The summed E-state index contributed by atoms with van der Waals surface area (Å²) in [6.07, 6.45) is 10.3. The molecule has 1 unspecified atom stereocenters. The maximum Gasteiger partial charge on any atom is 0.262 e. The lowest BCUT2D eigenvalue weighted by atomic mass is 9.80. The lowest BCUT2D eigenvalue weighted by Gasteiger charge is -2.35. The molecule has 1 atom stereocenters. The van der Waals surface area contributed by atoms with Crippen molar-refractivity contribution < 1.29 is 19.2 Å². The summed E-state index contributed by atoms with van der Waals surface area (Å²) in [4.78, 5) is 55.6. The SMILES string of the molecule is O=C1CCC(N2C(=O)c3ccc(NCC4CC(n5cc(-c6cc7cn[nH]c7cn6)c(C6CC6)n5)C4)cc3C2=O)C(=O)N1. The summed E-state index contributed by atoms with van der Waals surface area (Å²) in [7, 11) is 0. The molecule has 212 valence electrons. The molecule has 42 heavy (non-hydrogen) atoms. The molecular formula is C30H28N8O4. The van der Waals surface area contributed by atoms with Gasteiger partial charge in [-0.15, -0.1) is 0 Å². The number of pyridine rings is 1. The number of hydrogen-bond donors (Lipinski definition) is 3. The van der Waals surface area contributed by atoms with E-state index in [1.54, 1.807) is 18.2 Å². The Bertz CT molecular complexity index is 1800. The average Bonchev–Trinajstić information content (AvgIpc) is 3.44. The fraction of sp³-hybridized carbons (Fsp3) is 0.367. The third-order valence-corrected chi connectivity index (χ3v) is 8.94. The first-order valence-corrected chi connectivity index (χ1v) is 14.4. The molecule has 12 heteroatoms. The number of aromatic nitrogens is 5. The van der Waals surface area contributed by atoms with Gasteiger partial charge in [0.1, 0.15) is 6.04 Å². The molecule has 0 radical (unpaired) electrons.